The second-order valence-corrected chi connectivity index (χ2v) is 10.3. The normalized spacial score (nSPS) is 17.2. The second-order valence-electron chi connectivity index (χ2n) is 10.3. The molecule has 2 aromatic carbocycles. The molecule has 3 aromatic rings. The molecule has 202 valence electrons. The monoisotopic (exact) mass is 525 g/mol. The zero-order chi connectivity index (χ0) is 27.4. The Morgan fingerprint density at radius 1 is 1.15 bits per heavy atom. The molecule has 0 aliphatic carbocycles. The van der Waals surface area contributed by atoms with E-state index in [0.29, 0.717) is 38.8 Å². The van der Waals surface area contributed by atoms with Crippen molar-refractivity contribution in [2.24, 2.45) is 0 Å². The number of ether oxygens (including phenoxy) is 1. The zero-order valence-electron chi connectivity index (χ0n) is 22.7. The van der Waals surface area contributed by atoms with Gasteiger partial charge in [-0.25, -0.2) is 0 Å². The summed E-state index contributed by atoms with van der Waals surface area (Å²) in [6.07, 6.45) is 2.37. The van der Waals surface area contributed by atoms with E-state index in [1.165, 1.54) is 22.5 Å². The van der Waals surface area contributed by atoms with E-state index >= 15 is 0 Å². The minimum Gasteiger partial charge on any atom is -0.462 e. The Morgan fingerprint density at radius 2 is 1.97 bits per heavy atom. The van der Waals surface area contributed by atoms with E-state index in [0.717, 1.165) is 36.6 Å². The Hall–Kier alpha value is -4.16. The standard InChI is InChI=1S/C30H35N7O2/c1-4-28(38)37-17-16-36(20-23(37)12-14-31)29-25-13-15-35(27-11-7-9-22-8-5-6-10-24(22)27)21-26(25)32-30(33-29)39-19-18-34(2)3/h4-11,23H,1,12-13,15-21H2,2-3H3. The summed E-state index contributed by atoms with van der Waals surface area (Å²) in [5.74, 6) is 0.712. The van der Waals surface area contributed by atoms with E-state index in [1.807, 2.05) is 14.1 Å². The van der Waals surface area contributed by atoms with Crippen molar-refractivity contribution in [2.75, 3.05) is 63.2 Å². The van der Waals surface area contributed by atoms with Gasteiger partial charge >= 0.3 is 6.01 Å². The van der Waals surface area contributed by atoms with Crippen molar-refractivity contribution < 1.29 is 9.53 Å². The number of anilines is 2. The van der Waals surface area contributed by atoms with Crippen LogP contribution < -0.4 is 14.5 Å². The number of likely N-dealkylation sites (N-methyl/N-ethyl adjacent to an activating group) is 1. The van der Waals surface area contributed by atoms with Gasteiger partial charge in [0.1, 0.15) is 12.4 Å². The molecule has 1 unspecified atom stereocenters. The summed E-state index contributed by atoms with van der Waals surface area (Å²) in [4.78, 5) is 30.6. The number of hydrogen-bond donors (Lipinski definition) is 0. The van der Waals surface area contributed by atoms with Crippen LogP contribution in [0.1, 0.15) is 17.7 Å². The molecule has 3 heterocycles. The third kappa shape index (κ3) is 5.66. The Balaban J connectivity index is 1.48. The SMILES string of the molecule is C=CC(=O)N1CCN(c2nc(OCCN(C)C)nc3c2CCN(c2cccc4ccccc24)C3)CC1CC#N. The van der Waals surface area contributed by atoms with Gasteiger partial charge in [-0.3, -0.25) is 4.79 Å². The number of piperazine rings is 1. The average Bonchev–Trinajstić information content (AvgIpc) is 2.95. The maximum absolute atomic E-state index is 12.4. The molecule has 9 heteroatoms. The zero-order valence-corrected chi connectivity index (χ0v) is 22.7. The first-order valence-electron chi connectivity index (χ1n) is 13.4. The van der Waals surface area contributed by atoms with Gasteiger partial charge in [0.2, 0.25) is 5.91 Å². The largest absolute Gasteiger partial charge is 0.462 e. The molecule has 0 bridgehead atoms. The molecular weight excluding hydrogens is 490 g/mol. The van der Waals surface area contributed by atoms with Crippen LogP contribution in [0.4, 0.5) is 11.5 Å². The highest BCUT2D eigenvalue weighted by Gasteiger charge is 2.33. The van der Waals surface area contributed by atoms with Crippen LogP contribution in [-0.4, -0.2) is 85.1 Å². The molecule has 9 nitrogen and oxygen atoms in total. The molecular formula is C30H35N7O2. The average molecular weight is 526 g/mol. The summed E-state index contributed by atoms with van der Waals surface area (Å²) in [6.45, 7) is 8.03. The van der Waals surface area contributed by atoms with E-state index in [9.17, 15) is 10.1 Å². The first-order chi connectivity index (χ1) is 19.0. The summed E-state index contributed by atoms with van der Waals surface area (Å²) < 4.78 is 6.04. The number of rotatable bonds is 8. The van der Waals surface area contributed by atoms with Crippen molar-refractivity contribution >= 4 is 28.2 Å². The quantitative estimate of drug-likeness (QED) is 0.414. The highest BCUT2D eigenvalue weighted by atomic mass is 16.5. The Morgan fingerprint density at radius 3 is 2.77 bits per heavy atom. The van der Waals surface area contributed by atoms with Gasteiger partial charge in [0.05, 0.1) is 30.8 Å². The molecule has 0 N–H and O–H groups in total. The lowest BCUT2D eigenvalue weighted by atomic mass is 10.0. The molecule has 39 heavy (non-hydrogen) atoms. The van der Waals surface area contributed by atoms with Crippen LogP contribution in [0, 0.1) is 11.3 Å². The lowest BCUT2D eigenvalue weighted by Crippen LogP contribution is -2.55. The molecule has 1 aromatic heterocycles. The molecule has 2 aliphatic heterocycles. The van der Waals surface area contributed by atoms with Crippen LogP contribution in [0.25, 0.3) is 10.8 Å². The number of benzene rings is 2. The van der Waals surface area contributed by atoms with Gasteiger partial charge in [-0.1, -0.05) is 43.0 Å². The fraction of sp³-hybridized carbons (Fsp3) is 0.400. The number of nitriles is 1. The van der Waals surface area contributed by atoms with Crippen LogP contribution in [0.15, 0.2) is 55.1 Å². The fourth-order valence-electron chi connectivity index (χ4n) is 5.46. The first-order valence-corrected chi connectivity index (χ1v) is 13.4. The van der Waals surface area contributed by atoms with E-state index < -0.39 is 0 Å². The maximum Gasteiger partial charge on any atom is 0.318 e. The minimum atomic E-state index is -0.228. The topological polar surface area (TPSA) is 88.8 Å². The Kier molecular flexibility index (Phi) is 7.94. The van der Waals surface area contributed by atoms with Gasteiger partial charge in [-0.2, -0.15) is 15.2 Å². The molecule has 1 amide bonds. The predicted molar refractivity (Wildman–Crippen MR) is 153 cm³/mol. The number of carbonyl (C=O) groups is 1. The van der Waals surface area contributed by atoms with E-state index in [4.69, 9.17) is 14.7 Å². The molecule has 0 radical (unpaired) electrons. The van der Waals surface area contributed by atoms with Crippen LogP contribution in [0.3, 0.4) is 0 Å². The summed E-state index contributed by atoms with van der Waals surface area (Å²) >= 11 is 0. The molecule has 0 saturated carbocycles. The van der Waals surface area contributed by atoms with Crippen molar-refractivity contribution in [3.05, 3.63) is 66.4 Å². The number of fused-ring (bicyclic) bond motifs is 2. The maximum atomic E-state index is 12.4. The van der Waals surface area contributed by atoms with Crippen LogP contribution in [0.2, 0.25) is 0 Å². The molecule has 0 spiro atoms. The number of amides is 1. The van der Waals surface area contributed by atoms with Gasteiger partial charge in [-0.15, -0.1) is 0 Å². The number of aromatic nitrogens is 2. The summed E-state index contributed by atoms with van der Waals surface area (Å²) in [5.41, 5.74) is 3.27. The minimum absolute atomic E-state index is 0.141. The van der Waals surface area contributed by atoms with Crippen LogP contribution in [-0.2, 0) is 17.8 Å². The van der Waals surface area contributed by atoms with Gasteiger partial charge in [0, 0.05) is 49.4 Å². The summed E-state index contributed by atoms with van der Waals surface area (Å²) in [7, 11) is 4.01. The molecule has 1 atom stereocenters. The van der Waals surface area contributed by atoms with Crippen LogP contribution in [0.5, 0.6) is 6.01 Å². The smallest absolute Gasteiger partial charge is 0.318 e. The summed E-state index contributed by atoms with van der Waals surface area (Å²) in [5, 5.41) is 11.9. The highest BCUT2D eigenvalue weighted by molar-refractivity contribution is 5.94. The van der Waals surface area contributed by atoms with Gasteiger partial charge in [0.25, 0.3) is 0 Å². The van der Waals surface area contributed by atoms with Crippen molar-refractivity contribution in [1.29, 1.82) is 5.26 Å². The lowest BCUT2D eigenvalue weighted by molar-refractivity contribution is -0.128. The second kappa shape index (κ2) is 11.7. The number of nitrogens with zero attached hydrogens (tertiary/aromatic N) is 7. The van der Waals surface area contributed by atoms with Crippen molar-refractivity contribution in [2.45, 2.75) is 25.4 Å². The van der Waals surface area contributed by atoms with Crippen LogP contribution >= 0.6 is 0 Å². The third-order valence-electron chi connectivity index (χ3n) is 7.47. The van der Waals surface area contributed by atoms with Gasteiger partial charge < -0.3 is 24.3 Å². The fourth-order valence-corrected chi connectivity index (χ4v) is 5.46. The van der Waals surface area contributed by atoms with Crippen molar-refractivity contribution in [1.82, 2.24) is 19.8 Å². The van der Waals surface area contributed by atoms with E-state index in [2.05, 4.69) is 69.8 Å². The van der Waals surface area contributed by atoms with E-state index in [1.54, 1.807) is 4.90 Å². The van der Waals surface area contributed by atoms with Gasteiger partial charge in [-0.05, 0) is 38.0 Å². The molecule has 5 rings (SSSR count). The lowest BCUT2D eigenvalue weighted by Gasteiger charge is -2.42. The van der Waals surface area contributed by atoms with Crippen molar-refractivity contribution in [3.8, 4) is 12.1 Å². The molecule has 1 saturated heterocycles. The Bertz CT molecular complexity index is 1390. The summed E-state index contributed by atoms with van der Waals surface area (Å²) in [6, 6.07) is 17.3. The van der Waals surface area contributed by atoms with Gasteiger partial charge in [0.15, 0.2) is 0 Å². The first kappa shape index (κ1) is 26.4. The third-order valence-corrected chi connectivity index (χ3v) is 7.47. The number of carbonyl (C=O) groups excluding carboxylic acids is 1. The number of hydrogen-bond acceptors (Lipinski definition) is 8. The van der Waals surface area contributed by atoms with Crippen molar-refractivity contribution in [3.63, 3.8) is 0 Å². The van der Waals surface area contributed by atoms with E-state index in [-0.39, 0.29) is 18.4 Å². The molecule has 1 fully saturated rings. The Labute approximate surface area is 229 Å². The molecule has 2 aliphatic rings. The highest BCUT2D eigenvalue weighted by Crippen LogP contribution is 2.34. The predicted octanol–water partition coefficient (Wildman–Crippen LogP) is 3.25.